The number of nitrogens with zero attached hydrogens (tertiary/aromatic N) is 1. The SMILES string of the molecule is c1ccc(-c2ccccc2-c2cccc(N(c3ccccc3)c3cc4ccc5ccccc5c4c4c3ccc3ccccc34)c2)cc1. The van der Waals surface area contributed by atoms with Crippen LogP contribution in [-0.2, 0) is 0 Å². The molecule has 1 heteroatoms. The van der Waals surface area contributed by atoms with Gasteiger partial charge in [0.2, 0.25) is 0 Å². The summed E-state index contributed by atoms with van der Waals surface area (Å²) in [6, 6.07) is 68.2. The van der Waals surface area contributed by atoms with E-state index >= 15 is 0 Å². The van der Waals surface area contributed by atoms with Gasteiger partial charge in [-0.05, 0) is 84.9 Å². The first-order chi connectivity index (χ1) is 23.3. The Morgan fingerprint density at radius 1 is 0.298 bits per heavy atom. The zero-order chi connectivity index (χ0) is 31.2. The average molecular weight is 598 g/mol. The summed E-state index contributed by atoms with van der Waals surface area (Å²) in [6.45, 7) is 0. The van der Waals surface area contributed by atoms with E-state index in [1.54, 1.807) is 0 Å². The van der Waals surface area contributed by atoms with Gasteiger partial charge < -0.3 is 4.90 Å². The fraction of sp³-hybridized carbons (Fsp3) is 0. The molecule has 0 bridgehead atoms. The largest absolute Gasteiger partial charge is 0.310 e. The molecule has 0 saturated heterocycles. The van der Waals surface area contributed by atoms with Crippen LogP contribution in [0.1, 0.15) is 0 Å². The van der Waals surface area contributed by atoms with E-state index in [0.29, 0.717) is 0 Å². The van der Waals surface area contributed by atoms with E-state index in [9.17, 15) is 0 Å². The smallest absolute Gasteiger partial charge is 0.0546 e. The highest BCUT2D eigenvalue weighted by Crippen LogP contribution is 2.46. The third kappa shape index (κ3) is 4.64. The number of benzene rings is 9. The molecule has 0 fully saturated rings. The van der Waals surface area contributed by atoms with E-state index in [4.69, 9.17) is 0 Å². The van der Waals surface area contributed by atoms with Crippen LogP contribution in [0.3, 0.4) is 0 Å². The molecule has 0 saturated carbocycles. The molecule has 220 valence electrons. The number of anilines is 3. The predicted octanol–water partition coefficient (Wildman–Crippen LogP) is 13.1. The summed E-state index contributed by atoms with van der Waals surface area (Å²) in [5.74, 6) is 0. The Morgan fingerprint density at radius 3 is 1.57 bits per heavy atom. The Labute approximate surface area is 274 Å². The van der Waals surface area contributed by atoms with E-state index < -0.39 is 0 Å². The lowest BCUT2D eigenvalue weighted by Crippen LogP contribution is -2.11. The predicted molar refractivity (Wildman–Crippen MR) is 202 cm³/mol. The second-order valence-electron chi connectivity index (χ2n) is 12.1. The van der Waals surface area contributed by atoms with Crippen molar-refractivity contribution in [2.24, 2.45) is 0 Å². The quantitative estimate of drug-likeness (QED) is 0.178. The van der Waals surface area contributed by atoms with Crippen LogP contribution in [0.15, 0.2) is 188 Å². The number of hydrogen-bond donors (Lipinski definition) is 0. The van der Waals surface area contributed by atoms with Crippen molar-refractivity contribution in [1.82, 2.24) is 0 Å². The first kappa shape index (κ1) is 27.2. The fourth-order valence-electron chi connectivity index (χ4n) is 7.27. The molecule has 47 heavy (non-hydrogen) atoms. The molecule has 0 aliphatic heterocycles. The molecule has 1 nitrogen and oxygen atoms in total. The lowest BCUT2D eigenvalue weighted by Gasteiger charge is -2.28. The number of rotatable bonds is 5. The van der Waals surface area contributed by atoms with Gasteiger partial charge >= 0.3 is 0 Å². The summed E-state index contributed by atoms with van der Waals surface area (Å²) in [5.41, 5.74) is 8.24. The van der Waals surface area contributed by atoms with E-state index in [0.717, 1.165) is 17.1 Å². The molecule has 9 rings (SSSR count). The fourth-order valence-corrected chi connectivity index (χ4v) is 7.27. The first-order valence-electron chi connectivity index (χ1n) is 16.2. The van der Waals surface area contributed by atoms with Gasteiger partial charge in [0.05, 0.1) is 5.69 Å². The van der Waals surface area contributed by atoms with Crippen LogP contribution >= 0.6 is 0 Å². The molecular weight excluding hydrogens is 567 g/mol. The van der Waals surface area contributed by atoms with Gasteiger partial charge in [-0.3, -0.25) is 0 Å². The molecule has 0 atom stereocenters. The molecule has 0 aliphatic carbocycles. The van der Waals surface area contributed by atoms with Crippen LogP contribution in [-0.4, -0.2) is 0 Å². The van der Waals surface area contributed by atoms with Crippen LogP contribution in [0.2, 0.25) is 0 Å². The molecule has 0 spiro atoms. The van der Waals surface area contributed by atoms with Crippen molar-refractivity contribution in [3.05, 3.63) is 188 Å². The van der Waals surface area contributed by atoms with Gasteiger partial charge in [0.25, 0.3) is 0 Å². The third-order valence-corrected chi connectivity index (χ3v) is 9.39. The Bertz CT molecular complexity index is 2570. The molecule has 9 aromatic carbocycles. The average Bonchev–Trinajstić information content (AvgIpc) is 3.15. The summed E-state index contributed by atoms with van der Waals surface area (Å²) in [6.07, 6.45) is 0. The maximum Gasteiger partial charge on any atom is 0.0546 e. The highest BCUT2D eigenvalue weighted by molar-refractivity contribution is 6.30. The Kier molecular flexibility index (Phi) is 6.54. The van der Waals surface area contributed by atoms with Gasteiger partial charge in [-0.2, -0.15) is 0 Å². The minimum absolute atomic E-state index is 1.12. The van der Waals surface area contributed by atoms with Crippen molar-refractivity contribution >= 4 is 60.2 Å². The van der Waals surface area contributed by atoms with E-state index in [2.05, 4.69) is 193 Å². The normalized spacial score (nSPS) is 11.4. The summed E-state index contributed by atoms with van der Waals surface area (Å²) in [4.78, 5) is 2.43. The van der Waals surface area contributed by atoms with Gasteiger partial charge in [0, 0.05) is 22.1 Å². The first-order valence-corrected chi connectivity index (χ1v) is 16.2. The van der Waals surface area contributed by atoms with Crippen LogP contribution in [0, 0.1) is 0 Å². The molecule has 0 unspecified atom stereocenters. The highest BCUT2D eigenvalue weighted by Gasteiger charge is 2.20. The number of fused-ring (bicyclic) bond motifs is 7. The van der Waals surface area contributed by atoms with Gasteiger partial charge in [0.1, 0.15) is 0 Å². The summed E-state index contributed by atoms with van der Waals surface area (Å²) in [7, 11) is 0. The molecule has 0 amide bonds. The molecular formula is C46H31N. The van der Waals surface area contributed by atoms with Gasteiger partial charge in [0.15, 0.2) is 0 Å². The Hall–Kier alpha value is -6.18. The minimum Gasteiger partial charge on any atom is -0.310 e. The highest BCUT2D eigenvalue weighted by atomic mass is 15.1. The Balaban J connectivity index is 1.34. The maximum absolute atomic E-state index is 2.43. The number of hydrogen-bond acceptors (Lipinski definition) is 1. The van der Waals surface area contributed by atoms with Crippen LogP contribution in [0.5, 0.6) is 0 Å². The topological polar surface area (TPSA) is 3.24 Å². The lowest BCUT2D eigenvalue weighted by molar-refractivity contribution is 1.30. The Morgan fingerprint density at radius 2 is 0.830 bits per heavy atom. The standard InChI is InChI=1S/C46H31N/c1-3-14-32(15-4-1)39-22-11-12-23-40(39)35-18-13-21-38(30-35)47(37-19-5-2-6-20-37)44-31-36-27-26-33-16-7-9-24-41(33)45(36)46-42-25-10-8-17-34(42)28-29-43(44)46/h1-31H. The van der Waals surface area contributed by atoms with Crippen molar-refractivity contribution in [2.45, 2.75) is 0 Å². The van der Waals surface area contributed by atoms with E-state index in [1.165, 1.54) is 65.3 Å². The summed E-state index contributed by atoms with van der Waals surface area (Å²) < 4.78 is 0. The molecule has 0 aliphatic rings. The van der Waals surface area contributed by atoms with Crippen LogP contribution in [0.25, 0.3) is 65.3 Å². The molecule has 9 aromatic rings. The maximum atomic E-state index is 2.43. The van der Waals surface area contributed by atoms with Gasteiger partial charge in [-0.25, -0.2) is 0 Å². The number of para-hydroxylation sites is 1. The van der Waals surface area contributed by atoms with Crippen molar-refractivity contribution in [3.63, 3.8) is 0 Å². The zero-order valence-corrected chi connectivity index (χ0v) is 25.8. The van der Waals surface area contributed by atoms with E-state index in [1.807, 2.05) is 0 Å². The van der Waals surface area contributed by atoms with Gasteiger partial charge in [-0.15, -0.1) is 0 Å². The van der Waals surface area contributed by atoms with Crippen molar-refractivity contribution in [1.29, 1.82) is 0 Å². The monoisotopic (exact) mass is 597 g/mol. The van der Waals surface area contributed by atoms with Crippen LogP contribution in [0.4, 0.5) is 17.1 Å². The van der Waals surface area contributed by atoms with Crippen molar-refractivity contribution in [2.75, 3.05) is 4.90 Å². The third-order valence-electron chi connectivity index (χ3n) is 9.39. The molecule has 0 heterocycles. The van der Waals surface area contributed by atoms with Gasteiger partial charge in [-0.1, -0.05) is 158 Å². The molecule has 0 radical (unpaired) electrons. The minimum atomic E-state index is 1.12. The molecule has 0 aromatic heterocycles. The lowest BCUT2D eigenvalue weighted by atomic mass is 9.91. The summed E-state index contributed by atoms with van der Waals surface area (Å²) in [5, 5.41) is 10.1. The molecule has 0 N–H and O–H groups in total. The second-order valence-corrected chi connectivity index (χ2v) is 12.1. The van der Waals surface area contributed by atoms with Crippen molar-refractivity contribution in [3.8, 4) is 22.3 Å². The van der Waals surface area contributed by atoms with E-state index in [-0.39, 0.29) is 0 Å². The second kappa shape index (κ2) is 11.3. The zero-order valence-electron chi connectivity index (χ0n) is 25.8. The van der Waals surface area contributed by atoms with Crippen LogP contribution < -0.4 is 4.90 Å². The summed E-state index contributed by atoms with van der Waals surface area (Å²) >= 11 is 0. The van der Waals surface area contributed by atoms with Crippen molar-refractivity contribution < 1.29 is 0 Å².